The second-order valence-corrected chi connectivity index (χ2v) is 5.18. The number of rotatable bonds is 0. The first-order valence-corrected chi connectivity index (χ1v) is 6.23. The molecule has 2 aliphatic rings. The molecule has 0 aromatic rings. The molecule has 74 valence electrons. The van der Waals surface area contributed by atoms with Gasteiger partial charge in [0.25, 0.3) is 0 Å². The molecular formula is C10H16O2S. The summed E-state index contributed by atoms with van der Waals surface area (Å²) in [5.74, 6) is 2.57. The van der Waals surface area contributed by atoms with Crippen molar-refractivity contribution in [1.29, 1.82) is 0 Å². The van der Waals surface area contributed by atoms with E-state index < -0.39 is 0 Å². The maximum Gasteiger partial charge on any atom is 0.146 e. The minimum Gasteiger partial charge on any atom is -0.393 e. The van der Waals surface area contributed by atoms with Crippen LogP contribution < -0.4 is 0 Å². The molecule has 1 aliphatic carbocycles. The molecule has 0 radical (unpaired) electrons. The standard InChI is InChI=1S/C10H16O2S/c11-9-2-1-5-13-6-10(12)8-4-3-7(8)9/h7-9,11H,1-6H2. The van der Waals surface area contributed by atoms with Gasteiger partial charge in [0.05, 0.1) is 11.9 Å². The van der Waals surface area contributed by atoms with E-state index in [1.807, 2.05) is 0 Å². The third-order valence-electron chi connectivity index (χ3n) is 3.27. The van der Waals surface area contributed by atoms with Gasteiger partial charge in [0.15, 0.2) is 0 Å². The van der Waals surface area contributed by atoms with E-state index in [9.17, 15) is 9.90 Å². The monoisotopic (exact) mass is 200 g/mol. The normalized spacial score (nSPS) is 41.0. The van der Waals surface area contributed by atoms with E-state index in [2.05, 4.69) is 0 Å². The summed E-state index contributed by atoms with van der Waals surface area (Å²) in [7, 11) is 0. The zero-order valence-electron chi connectivity index (χ0n) is 7.74. The summed E-state index contributed by atoms with van der Waals surface area (Å²) in [6, 6.07) is 0. The summed E-state index contributed by atoms with van der Waals surface area (Å²) in [5, 5.41) is 9.79. The fourth-order valence-corrected chi connectivity index (χ4v) is 3.20. The molecular weight excluding hydrogens is 184 g/mol. The highest BCUT2D eigenvalue weighted by Crippen LogP contribution is 2.40. The molecule has 2 nitrogen and oxygen atoms in total. The predicted molar refractivity (Wildman–Crippen MR) is 53.8 cm³/mol. The van der Waals surface area contributed by atoms with Gasteiger partial charge in [-0.3, -0.25) is 4.79 Å². The number of fused-ring (bicyclic) bond motifs is 1. The van der Waals surface area contributed by atoms with Crippen LogP contribution in [-0.2, 0) is 4.79 Å². The largest absolute Gasteiger partial charge is 0.393 e. The molecule has 3 atom stereocenters. The Bertz CT molecular complexity index is 205. The Labute approximate surface area is 83.1 Å². The molecule has 0 spiro atoms. The number of carbonyl (C=O) groups excluding carboxylic acids is 1. The summed E-state index contributed by atoms with van der Waals surface area (Å²) in [4.78, 5) is 11.6. The van der Waals surface area contributed by atoms with Gasteiger partial charge in [-0.25, -0.2) is 0 Å². The summed E-state index contributed by atoms with van der Waals surface area (Å²) in [5.41, 5.74) is 0. The summed E-state index contributed by atoms with van der Waals surface area (Å²) >= 11 is 1.73. The van der Waals surface area contributed by atoms with Crippen molar-refractivity contribution in [3.63, 3.8) is 0 Å². The number of hydrogen-bond donors (Lipinski definition) is 1. The van der Waals surface area contributed by atoms with E-state index in [0.717, 1.165) is 31.4 Å². The number of aliphatic hydroxyl groups is 1. The molecule has 2 rings (SSSR count). The Kier molecular flexibility index (Phi) is 2.94. The first-order valence-electron chi connectivity index (χ1n) is 5.07. The molecule has 0 aromatic carbocycles. The van der Waals surface area contributed by atoms with Crippen molar-refractivity contribution in [2.24, 2.45) is 11.8 Å². The van der Waals surface area contributed by atoms with Crippen LogP contribution >= 0.6 is 11.8 Å². The number of aliphatic hydroxyl groups excluding tert-OH is 1. The molecule has 3 heteroatoms. The van der Waals surface area contributed by atoms with Gasteiger partial charge in [-0.15, -0.1) is 0 Å². The van der Waals surface area contributed by atoms with Gasteiger partial charge >= 0.3 is 0 Å². The first kappa shape index (κ1) is 9.53. The van der Waals surface area contributed by atoms with E-state index in [4.69, 9.17) is 0 Å². The number of ketones is 1. The molecule has 1 heterocycles. The van der Waals surface area contributed by atoms with Crippen molar-refractivity contribution >= 4 is 17.5 Å². The quantitative estimate of drug-likeness (QED) is 0.643. The lowest BCUT2D eigenvalue weighted by Gasteiger charge is -2.38. The van der Waals surface area contributed by atoms with Gasteiger partial charge in [-0.2, -0.15) is 11.8 Å². The van der Waals surface area contributed by atoms with Crippen LogP contribution in [0.15, 0.2) is 0 Å². The maximum absolute atomic E-state index is 11.6. The van der Waals surface area contributed by atoms with Crippen molar-refractivity contribution in [2.45, 2.75) is 31.8 Å². The highest BCUT2D eigenvalue weighted by Gasteiger charge is 2.40. The summed E-state index contributed by atoms with van der Waals surface area (Å²) in [6.45, 7) is 0. The molecule has 13 heavy (non-hydrogen) atoms. The molecule has 1 aliphatic heterocycles. The highest BCUT2D eigenvalue weighted by atomic mass is 32.2. The van der Waals surface area contributed by atoms with E-state index >= 15 is 0 Å². The van der Waals surface area contributed by atoms with Gasteiger partial charge in [0.1, 0.15) is 5.78 Å². The maximum atomic E-state index is 11.6. The average Bonchev–Trinajstić information content (AvgIpc) is 2.03. The van der Waals surface area contributed by atoms with Crippen LogP contribution in [0, 0.1) is 11.8 Å². The van der Waals surface area contributed by atoms with E-state index in [-0.39, 0.29) is 12.0 Å². The lowest BCUT2D eigenvalue weighted by molar-refractivity contribution is -0.128. The summed E-state index contributed by atoms with van der Waals surface area (Å²) in [6.07, 6.45) is 3.81. The minimum atomic E-state index is -0.207. The van der Waals surface area contributed by atoms with Crippen molar-refractivity contribution in [2.75, 3.05) is 11.5 Å². The Morgan fingerprint density at radius 3 is 2.85 bits per heavy atom. The Balaban J connectivity index is 2.02. The SMILES string of the molecule is O=C1CSCCCC(O)C2CCC12. The van der Waals surface area contributed by atoms with Crippen molar-refractivity contribution in [3.8, 4) is 0 Å². The van der Waals surface area contributed by atoms with E-state index in [1.165, 1.54) is 0 Å². The van der Waals surface area contributed by atoms with Gasteiger partial charge in [0.2, 0.25) is 0 Å². The fourth-order valence-electron chi connectivity index (χ4n) is 2.27. The zero-order valence-corrected chi connectivity index (χ0v) is 8.55. The summed E-state index contributed by atoms with van der Waals surface area (Å²) < 4.78 is 0. The van der Waals surface area contributed by atoms with Crippen LogP contribution in [0.25, 0.3) is 0 Å². The predicted octanol–water partition coefficient (Wildman–Crippen LogP) is 1.47. The smallest absolute Gasteiger partial charge is 0.146 e. The topological polar surface area (TPSA) is 37.3 Å². The van der Waals surface area contributed by atoms with Crippen LogP contribution in [-0.4, -0.2) is 28.5 Å². The van der Waals surface area contributed by atoms with Crippen molar-refractivity contribution < 1.29 is 9.90 Å². The fraction of sp³-hybridized carbons (Fsp3) is 0.900. The molecule has 3 unspecified atom stereocenters. The highest BCUT2D eigenvalue weighted by molar-refractivity contribution is 7.99. The van der Waals surface area contributed by atoms with Gasteiger partial charge in [0, 0.05) is 5.92 Å². The molecule has 0 amide bonds. The second kappa shape index (κ2) is 4.01. The molecule has 1 saturated carbocycles. The number of Topliss-reactive ketones (excluding diaryl/α,β-unsaturated/α-hetero) is 1. The van der Waals surface area contributed by atoms with Crippen LogP contribution in [0.1, 0.15) is 25.7 Å². The van der Waals surface area contributed by atoms with Crippen LogP contribution in [0.2, 0.25) is 0 Å². The Hall–Kier alpha value is -0.0200. The van der Waals surface area contributed by atoms with Crippen LogP contribution in [0.3, 0.4) is 0 Å². The third-order valence-corrected chi connectivity index (χ3v) is 4.33. The first-order chi connectivity index (χ1) is 6.29. The molecule has 0 aromatic heterocycles. The van der Waals surface area contributed by atoms with E-state index in [1.54, 1.807) is 11.8 Å². The lowest BCUT2D eigenvalue weighted by atomic mass is 9.68. The lowest BCUT2D eigenvalue weighted by Crippen LogP contribution is -2.40. The molecule has 2 fully saturated rings. The molecule has 1 N–H and O–H groups in total. The van der Waals surface area contributed by atoms with E-state index in [0.29, 0.717) is 17.5 Å². The van der Waals surface area contributed by atoms with Gasteiger partial charge in [-0.1, -0.05) is 0 Å². The molecule has 1 saturated heterocycles. The van der Waals surface area contributed by atoms with Crippen molar-refractivity contribution in [1.82, 2.24) is 0 Å². The second-order valence-electron chi connectivity index (χ2n) is 4.08. The third kappa shape index (κ3) is 1.91. The Morgan fingerprint density at radius 2 is 2.15 bits per heavy atom. The van der Waals surface area contributed by atoms with Gasteiger partial charge in [-0.05, 0) is 37.4 Å². The Morgan fingerprint density at radius 1 is 1.31 bits per heavy atom. The van der Waals surface area contributed by atoms with Crippen LogP contribution in [0.4, 0.5) is 0 Å². The van der Waals surface area contributed by atoms with Crippen LogP contribution in [0.5, 0.6) is 0 Å². The number of hydrogen-bond acceptors (Lipinski definition) is 3. The molecule has 0 bridgehead atoms. The minimum absolute atomic E-state index is 0.195. The average molecular weight is 200 g/mol. The zero-order chi connectivity index (χ0) is 9.26. The number of thioether (sulfide) groups is 1. The number of carbonyl (C=O) groups is 1. The van der Waals surface area contributed by atoms with Crippen molar-refractivity contribution in [3.05, 3.63) is 0 Å². The van der Waals surface area contributed by atoms with Gasteiger partial charge < -0.3 is 5.11 Å².